The summed E-state index contributed by atoms with van der Waals surface area (Å²) >= 11 is 6.13. The SMILES string of the molecule is COc1cc(NC(=O)CN2CCN(Cc3ccc(OC)c(OC)c3)CC2)c(OC)cc1Cl. The number of ether oxygens (including phenoxy) is 4. The van der Waals surface area contributed by atoms with Gasteiger partial charge < -0.3 is 24.3 Å². The zero-order chi connectivity index (χ0) is 23.1. The van der Waals surface area contributed by atoms with Crippen LogP contribution in [0.25, 0.3) is 0 Å². The van der Waals surface area contributed by atoms with Crippen LogP contribution in [-0.2, 0) is 11.3 Å². The Morgan fingerprint density at radius 2 is 1.47 bits per heavy atom. The highest BCUT2D eigenvalue weighted by atomic mass is 35.5. The maximum Gasteiger partial charge on any atom is 0.238 e. The number of anilines is 1. The van der Waals surface area contributed by atoms with Gasteiger partial charge in [0.1, 0.15) is 11.5 Å². The van der Waals surface area contributed by atoms with Crippen LogP contribution in [0.15, 0.2) is 30.3 Å². The van der Waals surface area contributed by atoms with Gasteiger partial charge in [0.15, 0.2) is 11.5 Å². The summed E-state index contributed by atoms with van der Waals surface area (Å²) < 4.78 is 21.3. The lowest BCUT2D eigenvalue weighted by Crippen LogP contribution is -2.48. The van der Waals surface area contributed by atoms with Gasteiger partial charge >= 0.3 is 0 Å². The number of piperazine rings is 1. The fourth-order valence-corrected chi connectivity index (χ4v) is 3.92. The number of amides is 1. The third-order valence-corrected chi connectivity index (χ3v) is 5.73. The lowest BCUT2D eigenvalue weighted by Gasteiger charge is -2.34. The number of methoxy groups -OCH3 is 4. The molecular weight excluding hydrogens is 434 g/mol. The Kier molecular flexibility index (Phi) is 8.44. The number of halogens is 1. The number of hydrogen-bond acceptors (Lipinski definition) is 7. The molecule has 0 saturated carbocycles. The molecule has 0 bridgehead atoms. The summed E-state index contributed by atoms with van der Waals surface area (Å²) in [6.07, 6.45) is 0. The van der Waals surface area contributed by atoms with Crippen LogP contribution in [-0.4, -0.2) is 76.9 Å². The number of carbonyl (C=O) groups is 1. The third-order valence-electron chi connectivity index (χ3n) is 5.43. The van der Waals surface area contributed by atoms with Gasteiger partial charge in [-0.2, -0.15) is 0 Å². The van der Waals surface area contributed by atoms with E-state index in [1.807, 2.05) is 12.1 Å². The van der Waals surface area contributed by atoms with E-state index in [0.29, 0.717) is 28.8 Å². The zero-order valence-electron chi connectivity index (χ0n) is 18.9. The molecule has 0 atom stereocenters. The topological polar surface area (TPSA) is 72.5 Å². The summed E-state index contributed by atoms with van der Waals surface area (Å²) in [5.41, 5.74) is 1.70. The number of carbonyl (C=O) groups excluding carboxylic acids is 1. The molecule has 2 aromatic carbocycles. The molecule has 0 aromatic heterocycles. The molecule has 1 N–H and O–H groups in total. The number of rotatable bonds is 9. The second-order valence-electron chi connectivity index (χ2n) is 7.48. The second kappa shape index (κ2) is 11.3. The maximum atomic E-state index is 12.6. The lowest BCUT2D eigenvalue weighted by atomic mass is 10.1. The molecular formula is C23H30ClN3O5. The lowest BCUT2D eigenvalue weighted by molar-refractivity contribution is -0.117. The van der Waals surface area contributed by atoms with E-state index in [1.54, 1.807) is 26.4 Å². The third kappa shape index (κ3) is 5.97. The summed E-state index contributed by atoms with van der Waals surface area (Å²) in [6, 6.07) is 9.28. The minimum absolute atomic E-state index is 0.110. The van der Waals surface area contributed by atoms with E-state index in [9.17, 15) is 4.79 Å². The second-order valence-corrected chi connectivity index (χ2v) is 7.88. The van der Waals surface area contributed by atoms with Gasteiger partial charge in [0.25, 0.3) is 0 Å². The first-order valence-electron chi connectivity index (χ1n) is 10.3. The quantitative estimate of drug-likeness (QED) is 0.612. The van der Waals surface area contributed by atoms with E-state index in [-0.39, 0.29) is 5.91 Å². The first-order valence-corrected chi connectivity index (χ1v) is 10.7. The van der Waals surface area contributed by atoms with Gasteiger partial charge in [0, 0.05) is 44.9 Å². The van der Waals surface area contributed by atoms with Crippen LogP contribution >= 0.6 is 11.6 Å². The largest absolute Gasteiger partial charge is 0.495 e. The maximum absolute atomic E-state index is 12.6. The average molecular weight is 464 g/mol. The van der Waals surface area contributed by atoms with Crippen molar-refractivity contribution in [2.45, 2.75) is 6.54 Å². The molecule has 0 aliphatic carbocycles. The molecule has 32 heavy (non-hydrogen) atoms. The molecule has 1 amide bonds. The van der Waals surface area contributed by atoms with E-state index in [2.05, 4.69) is 21.2 Å². The van der Waals surface area contributed by atoms with Crippen molar-refractivity contribution in [3.05, 3.63) is 40.9 Å². The normalized spacial score (nSPS) is 14.7. The Balaban J connectivity index is 1.51. The van der Waals surface area contributed by atoms with E-state index in [0.717, 1.165) is 49.8 Å². The van der Waals surface area contributed by atoms with Crippen LogP contribution in [0.5, 0.6) is 23.0 Å². The molecule has 1 aliphatic rings. The van der Waals surface area contributed by atoms with Gasteiger partial charge in [-0.1, -0.05) is 17.7 Å². The van der Waals surface area contributed by atoms with Crippen molar-refractivity contribution in [3.8, 4) is 23.0 Å². The van der Waals surface area contributed by atoms with Crippen LogP contribution in [0.2, 0.25) is 5.02 Å². The number of benzene rings is 2. The van der Waals surface area contributed by atoms with Crippen molar-refractivity contribution in [3.63, 3.8) is 0 Å². The predicted octanol–water partition coefficient (Wildman–Crippen LogP) is 3.13. The van der Waals surface area contributed by atoms with Crippen molar-refractivity contribution in [2.24, 2.45) is 0 Å². The molecule has 0 spiro atoms. The standard InChI is InChI=1S/C23H30ClN3O5/c1-29-19-6-5-16(11-22(19)32-4)14-26-7-9-27(10-8-26)15-23(28)25-18-13-20(30-2)17(24)12-21(18)31-3/h5-6,11-13H,7-10,14-15H2,1-4H3,(H,25,28). The Morgan fingerprint density at radius 1 is 0.844 bits per heavy atom. The molecule has 1 heterocycles. The molecule has 9 heteroatoms. The van der Waals surface area contributed by atoms with Crippen molar-refractivity contribution < 1.29 is 23.7 Å². The average Bonchev–Trinajstić information content (AvgIpc) is 2.81. The van der Waals surface area contributed by atoms with Crippen molar-refractivity contribution in [2.75, 3.05) is 66.5 Å². The van der Waals surface area contributed by atoms with Crippen LogP contribution in [0.1, 0.15) is 5.56 Å². The highest BCUT2D eigenvalue weighted by molar-refractivity contribution is 6.32. The smallest absolute Gasteiger partial charge is 0.238 e. The Morgan fingerprint density at radius 3 is 2.09 bits per heavy atom. The van der Waals surface area contributed by atoms with E-state index >= 15 is 0 Å². The van der Waals surface area contributed by atoms with Gasteiger partial charge in [0.2, 0.25) is 5.91 Å². The highest BCUT2D eigenvalue weighted by Crippen LogP contribution is 2.35. The minimum Gasteiger partial charge on any atom is -0.495 e. The fraction of sp³-hybridized carbons (Fsp3) is 0.435. The molecule has 0 unspecified atom stereocenters. The van der Waals surface area contributed by atoms with E-state index in [4.69, 9.17) is 30.5 Å². The molecule has 2 aromatic rings. The van der Waals surface area contributed by atoms with E-state index in [1.165, 1.54) is 14.2 Å². The van der Waals surface area contributed by atoms with Crippen molar-refractivity contribution >= 4 is 23.2 Å². The van der Waals surface area contributed by atoms with Crippen LogP contribution in [0.4, 0.5) is 5.69 Å². The van der Waals surface area contributed by atoms with E-state index < -0.39 is 0 Å². The van der Waals surface area contributed by atoms with Crippen LogP contribution in [0, 0.1) is 0 Å². The van der Waals surface area contributed by atoms with Crippen LogP contribution < -0.4 is 24.3 Å². The number of hydrogen-bond donors (Lipinski definition) is 1. The number of nitrogens with zero attached hydrogens (tertiary/aromatic N) is 2. The summed E-state index contributed by atoms with van der Waals surface area (Å²) in [4.78, 5) is 17.1. The molecule has 174 valence electrons. The molecule has 1 saturated heterocycles. The molecule has 1 aliphatic heterocycles. The molecule has 0 radical (unpaired) electrons. The molecule has 8 nitrogen and oxygen atoms in total. The fourth-order valence-electron chi connectivity index (χ4n) is 3.69. The molecule has 3 rings (SSSR count). The van der Waals surface area contributed by atoms with Gasteiger partial charge in [-0.15, -0.1) is 0 Å². The summed E-state index contributed by atoms with van der Waals surface area (Å²) in [5.74, 6) is 2.31. The summed E-state index contributed by atoms with van der Waals surface area (Å²) in [7, 11) is 6.33. The summed E-state index contributed by atoms with van der Waals surface area (Å²) in [5, 5.41) is 3.33. The highest BCUT2D eigenvalue weighted by Gasteiger charge is 2.20. The monoisotopic (exact) mass is 463 g/mol. The number of nitrogens with one attached hydrogen (secondary N) is 1. The van der Waals surface area contributed by atoms with Gasteiger partial charge in [-0.05, 0) is 17.7 Å². The van der Waals surface area contributed by atoms with Gasteiger partial charge in [-0.3, -0.25) is 14.6 Å². The molecule has 1 fully saturated rings. The van der Waals surface area contributed by atoms with Crippen molar-refractivity contribution in [1.29, 1.82) is 0 Å². The first-order chi connectivity index (χ1) is 15.5. The Bertz CT molecular complexity index is 932. The Labute approximate surface area is 193 Å². The predicted molar refractivity (Wildman–Crippen MR) is 124 cm³/mol. The first kappa shape index (κ1) is 24.0. The van der Waals surface area contributed by atoms with Gasteiger partial charge in [-0.25, -0.2) is 0 Å². The van der Waals surface area contributed by atoms with Gasteiger partial charge in [0.05, 0.1) is 45.7 Å². The van der Waals surface area contributed by atoms with Crippen LogP contribution in [0.3, 0.4) is 0 Å². The summed E-state index contributed by atoms with van der Waals surface area (Å²) in [6.45, 7) is 4.49. The van der Waals surface area contributed by atoms with Crippen molar-refractivity contribution in [1.82, 2.24) is 9.80 Å². The zero-order valence-corrected chi connectivity index (χ0v) is 19.7. The minimum atomic E-state index is -0.110. The Hall–Kier alpha value is -2.68.